The van der Waals surface area contributed by atoms with E-state index < -0.39 is 0 Å². The summed E-state index contributed by atoms with van der Waals surface area (Å²) >= 11 is 0. The van der Waals surface area contributed by atoms with Gasteiger partial charge in [0.15, 0.2) is 0 Å². The second-order valence-corrected chi connectivity index (χ2v) is 6.02. The van der Waals surface area contributed by atoms with Crippen LogP contribution in [0, 0.1) is 6.92 Å². The maximum Gasteiger partial charge on any atom is 0.148 e. The Kier molecular flexibility index (Phi) is 3.28. The molecule has 0 radical (unpaired) electrons. The molecule has 5 heteroatoms. The van der Waals surface area contributed by atoms with E-state index in [0.717, 1.165) is 18.1 Å². The van der Waals surface area contributed by atoms with Crippen molar-refractivity contribution >= 4 is 5.82 Å². The van der Waals surface area contributed by atoms with Gasteiger partial charge in [-0.15, -0.1) is 0 Å². The van der Waals surface area contributed by atoms with Crippen molar-refractivity contribution in [1.29, 1.82) is 0 Å². The third-order valence-electron chi connectivity index (χ3n) is 3.88. The van der Waals surface area contributed by atoms with Crippen LogP contribution in [-0.4, -0.2) is 19.6 Å². The Balaban J connectivity index is 1.75. The van der Waals surface area contributed by atoms with Gasteiger partial charge >= 0.3 is 0 Å². The van der Waals surface area contributed by atoms with Crippen LogP contribution in [0.4, 0.5) is 5.82 Å². The van der Waals surface area contributed by atoms with Crippen molar-refractivity contribution in [3.8, 4) is 0 Å². The zero-order chi connectivity index (χ0) is 14.3. The van der Waals surface area contributed by atoms with Gasteiger partial charge in [-0.2, -0.15) is 10.2 Å². The van der Waals surface area contributed by atoms with Crippen LogP contribution in [0.3, 0.4) is 0 Å². The molecular weight excluding hydrogens is 250 g/mol. The van der Waals surface area contributed by atoms with E-state index in [-0.39, 0.29) is 0 Å². The molecule has 20 heavy (non-hydrogen) atoms. The molecule has 2 aromatic heterocycles. The average molecular weight is 273 g/mol. The molecule has 0 unspecified atom stereocenters. The summed E-state index contributed by atoms with van der Waals surface area (Å²) in [6.07, 6.45) is 2.59. The third kappa shape index (κ3) is 2.57. The molecule has 1 aliphatic rings. The highest BCUT2D eigenvalue weighted by atomic mass is 15.3. The van der Waals surface area contributed by atoms with E-state index in [1.807, 2.05) is 11.7 Å². The lowest BCUT2D eigenvalue weighted by Gasteiger charge is -2.11. The zero-order valence-electron chi connectivity index (χ0n) is 12.7. The molecule has 108 valence electrons. The lowest BCUT2D eigenvalue weighted by atomic mass is 10.2. The molecule has 0 atom stereocenters. The summed E-state index contributed by atoms with van der Waals surface area (Å²) in [5.41, 5.74) is 3.65. The standard InChI is InChI=1S/C15H23N5/c1-10(2)20-13(8-14(17-20)12-5-6-12)9-16-15-7-11(3)19(4)18-15/h7-8,10,12H,5-6,9H2,1-4H3,(H,16,18). The number of nitrogens with zero attached hydrogens (tertiary/aromatic N) is 4. The number of aromatic nitrogens is 4. The molecule has 0 bridgehead atoms. The van der Waals surface area contributed by atoms with Gasteiger partial charge in [0.05, 0.1) is 17.9 Å². The second-order valence-electron chi connectivity index (χ2n) is 6.02. The van der Waals surface area contributed by atoms with Crippen molar-refractivity contribution in [3.05, 3.63) is 29.2 Å². The summed E-state index contributed by atoms with van der Waals surface area (Å²) in [7, 11) is 1.96. The number of aryl methyl sites for hydroxylation is 2. The minimum atomic E-state index is 0.393. The van der Waals surface area contributed by atoms with Gasteiger partial charge in [0.2, 0.25) is 0 Å². The smallest absolute Gasteiger partial charge is 0.148 e. The molecule has 0 saturated heterocycles. The van der Waals surface area contributed by atoms with Gasteiger partial charge in [0.25, 0.3) is 0 Å². The molecule has 5 nitrogen and oxygen atoms in total. The maximum atomic E-state index is 4.76. The summed E-state index contributed by atoms with van der Waals surface area (Å²) in [5.74, 6) is 1.63. The molecule has 2 aromatic rings. The molecule has 0 aliphatic heterocycles. The zero-order valence-corrected chi connectivity index (χ0v) is 12.7. The Labute approximate surface area is 120 Å². The van der Waals surface area contributed by atoms with Gasteiger partial charge in [0.1, 0.15) is 5.82 Å². The molecule has 1 fully saturated rings. The summed E-state index contributed by atoms with van der Waals surface area (Å²) in [6, 6.07) is 4.71. The Hall–Kier alpha value is -1.78. The van der Waals surface area contributed by atoms with Crippen molar-refractivity contribution in [2.45, 2.75) is 52.1 Å². The molecule has 2 heterocycles. The molecule has 1 aliphatic carbocycles. The molecule has 0 spiro atoms. The fourth-order valence-corrected chi connectivity index (χ4v) is 2.44. The fourth-order valence-electron chi connectivity index (χ4n) is 2.44. The predicted octanol–water partition coefficient (Wildman–Crippen LogP) is 3.00. The molecule has 1 N–H and O–H groups in total. The summed E-state index contributed by atoms with van der Waals surface area (Å²) in [5, 5.41) is 12.6. The topological polar surface area (TPSA) is 47.7 Å². The van der Waals surface area contributed by atoms with Crippen molar-refractivity contribution in [2.75, 3.05) is 5.32 Å². The van der Waals surface area contributed by atoms with Crippen molar-refractivity contribution < 1.29 is 0 Å². The molecule has 1 saturated carbocycles. The van der Waals surface area contributed by atoms with Gasteiger partial charge in [-0.05, 0) is 39.7 Å². The summed E-state index contributed by atoms with van der Waals surface area (Å²) in [6.45, 7) is 7.19. The van der Waals surface area contributed by atoms with E-state index in [4.69, 9.17) is 5.10 Å². The van der Waals surface area contributed by atoms with E-state index in [0.29, 0.717) is 12.0 Å². The number of anilines is 1. The van der Waals surface area contributed by atoms with E-state index in [1.165, 1.54) is 24.2 Å². The largest absolute Gasteiger partial charge is 0.363 e. The quantitative estimate of drug-likeness (QED) is 0.911. The van der Waals surface area contributed by atoms with Gasteiger partial charge in [-0.3, -0.25) is 9.36 Å². The molecule has 0 aromatic carbocycles. The molecule has 3 rings (SSSR count). The SMILES string of the molecule is Cc1cc(NCc2cc(C3CC3)nn2C(C)C)nn1C. The average Bonchev–Trinajstić information content (AvgIpc) is 3.07. The minimum Gasteiger partial charge on any atom is -0.363 e. The Bertz CT molecular complexity index is 584. The first-order valence-electron chi connectivity index (χ1n) is 7.37. The van der Waals surface area contributed by atoms with Crippen LogP contribution in [0.15, 0.2) is 12.1 Å². The van der Waals surface area contributed by atoms with Crippen LogP contribution >= 0.6 is 0 Å². The van der Waals surface area contributed by atoms with Gasteiger partial charge in [-0.1, -0.05) is 0 Å². The highest BCUT2D eigenvalue weighted by molar-refractivity contribution is 5.36. The van der Waals surface area contributed by atoms with Crippen LogP contribution in [-0.2, 0) is 13.6 Å². The summed E-state index contributed by atoms with van der Waals surface area (Å²) in [4.78, 5) is 0. The van der Waals surface area contributed by atoms with Crippen LogP contribution in [0.25, 0.3) is 0 Å². The van der Waals surface area contributed by atoms with Crippen LogP contribution < -0.4 is 5.32 Å². The van der Waals surface area contributed by atoms with Gasteiger partial charge in [-0.25, -0.2) is 0 Å². The highest BCUT2D eigenvalue weighted by Gasteiger charge is 2.27. The lowest BCUT2D eigenvalue weighted by Crippen LogP contribution is -2.11. The van der Waals surface area contributed by atoms with Crippen LogP contribution in [0.1, 0.15) is 55.7 Å². The van der Waals surface area contributed by atoms with Crippen LogP contribution in [0.2, 0.25) is 0 Å². The first-order valence-corrected chi connectivity index (χ1v) is 7.37. The van der Waals surface area contributed by atoms with Crippen molar-refractivity contribution in [2.24, 2.45) is 7.05 Å². The third-order valence-corrected chi connectivity index (χ3v) is 3.88. The maximum absolute atomic E-state index is 4.76. The van der Waals surface area contributed by atoms with Crippen molar-refractivity contribution in [3.63, 3.8) is 0 Å². The summed E-state index contributed by atoms with van der Waals surface area (Å²) < 4.78 is 4.02. The first-order chi connectivity index (χ1) is 9.54. The normalized spacial score (nSPS) is 15.1. The van der Waals surface area contributed by atoms with E-state index in [9.17, 15) is 0 Å². The fraction of sp³-hybridized carbons (Fsp3) is 0.600. The monoisotopic (exact) mass is 273 g/mol. The first kappa shape index (κ1) is 13.2. The lowest BCUT2D eigenvalue weighted by molar-refractivity contribution is 0.507. The number of nitrogens with one attached hydrogen (secondary N) is 1. The highest BCUT2D eigenvalue weighted by Crippen LogP contribution is 2.39. The van der Waals surface area contributed by atoms with E-state index in [1.54, 1.807) is 0 Å². The molecular formula is C15H23N5. The predicted molar refractivity (Wildman–Crippen MR) is 79.9 cm³/mol. The number of hydrogen-bond acceptors (Lipinski definition) is 3. The Morgan fingerprint density at radius 1 is 1.30 bits per heavy atom. The van der Waals surface area contributed by atoms with Gasteiger partial charge < -0.3 is 5.32 Å². The van der Waals surface area contributed by atoms with Gasteiger partial charge in [0, 0.05) is 30.8 Å². The van der Waals surface area contributed by atoms with E-state index in [2.05, 4.69) is 48.0 Å². The number of hydrogen-bond donors (Lipinski definition) is 1. The number of rotatable bonds is 5. The minimum absolute atomic E-state index is 0.393. The second kappa shape index (κ2) is 4.96. The van der Waals surface area contributed by atoms with Crippen molar-refractivity contribution in [1.82, 2.24) is 19.6 Å². The van der Waals surface area contributed by atoms with Crippen LogP contribution in [0.5, 0.6) is 0 Å². The van der Waals surface area contributed by atoms with E-state index >= 15 is 0 Å². The Morgan fingerprint density at radius 2 is 2.05 bits per heavy atom. The molecule has 0 amide bonds. The Morgan fingerprint density at radius 3 is 2.60 bits per heavy atom.